The van der Waals surface area contributed by atoms with E-state index >= 15 is 0 Å². The third-order valence-electron chi connectivity index (χ3n) is 4.90. The quantitative estimate of drug-likeness (QED) is 0.847. The van der Waals surface area contributed by atoms with Crippen molar-refractivity contribution in [1.29, 1.82) is 0 Å². The molecule has 2 aliphatic rings. The van der Waals surface area contributed by atoms with Gasteiger partial charge in [0.25, 0.3) is 5.91 Å². The Morgan fingerprint density at radius 2 is 1.92 bits per heavy atom. The van der Waals surface area contributed by atoms with E-state index in [2.05, 4.69) is 19.9 Å². The molecule has 0 radical (unpaired) electrons. The van der Waals surface area contributed by atoms with Gasteiger partial charge in [-0.25, -0.2) is 9.97 Å². The molecule has 0 saturated carbocycles. The summed E-state index contributed by atoms with van der Waals surface area (Å²) in [6.07, 6.45) is 2.87. The highest BCUT2D eigenvalue weighted by molar-refractivity contribution is 5.94. The Labute approximate surface area is 141 Å². The number of anilines is 1. The van der Waals surface area contributed by atoms with Crippen LogP contribution in [-0.4, -0.2) is 38.8 Å². The number of amides is 1. The van der Waals surface area contributed by atoms with Crippen LogP contribution in [0.1, 0.15) is 45.1 Å². The number of fused-ring (bicyclic) bond motifs is 1. The van der Waals surface area contributed by atoms with E-state index < -0.39 is 0 Å². The summed E-state index contributed by atoms with van der Waals surface area (Å²) >= 11 is 0. The first-order chi connectivity index (χ1) is 11.5. The van der Waals surface area contributed by atoms with Crippen LogP contribution in [0, 0.1) is 20.8 Å². The second kappa shape index (κ2) is 5.54. The van der Waals surface area contributed by atoms with Crippen LogP contribution in [0.4, 0.5) is 5.82 Å². The molecule has 0 spiro atoms. The highest BCUT2D eigenvalue weighted by Crippen LogP contribution is 2.32. The maximum atomic E-state index is 12.9. The zero-order chi connectivity index (χ0) is 16.8. The zero-order valence-corrected chi connectivity index (χ0v) is 14.3. The lowest BCUT2D eigenvalue weighted by Crippen LogP contribution is -2.38. The van der Waals surface area contributed by atoms with E-state index in [1.807, 2.05) is 31.7 Å². The van der Waals surface area contributed by atoms with Crippen molar-refractivity contribution >= 4 is 11.7 Å². The number of hydrogen-bond acceptors (Lipinski definition) is 5. The van der Waals surface area contributed by atoms with Crippen molar-refractivity contribution < 1.29 is 4.79 Å². The van der Waals surface area contributed by atoms with Crippen molar-refractivity contribution in [2.75, 3.05) is 18.0 Å². The highest BCUT2D eigenvalue weighted by Gasteiger charge is 2.31. The van der Waals surface area contributed by atoms with Crippen molar-refractivity contribution in [1.82, 2.24) is 19.9 Å². The first-order valence-electron chi connectivity index (χ1n) is 8.37. The molecule has 1 amide bonds. The summed E-state index contributed by atoms with van der Waals surface area (Å²) in [5, 5.41) is 0. The Morgan fingerprint density at radius 1 is 1.12 bits per heavy atom. The number of pyridine rings is 1. The molecule has 124 valence electrons. The topological polar surface area (TPSA) is 62.2 Å². The standard InChI is InChI=1S/C18H21N5O/c1-11-7-14(8-19-12(11)2)18(24)23-9-15-16(10-23)20-13(3)21-17(15)22-5-4-6-22/h7-8H,4-6,9-10H2,1-3H3. The van der Waals surface area contributed by atoms with Crippen LogP contribution in [0.5, 0.6) is 0 Å². The molecule has 0 aliphatic carbocycles. The molecule has 24 heavy (non-hydrogen) atoms. The SMILES string of the molecule is Cc1nc2c(c(N3CCC3)n1)CN(C(=O)c1cnc(C)c(C)c1)C2. The van der Waals surface area contributed by atoms with Gasteiger partial charge in [-0.2, -0.15) is 0 Å². The van der Waals surface area contributed by atoms with Gasteiger partial charge in [-0.3, -0.25) is 9.78 Å². The number of aryl methyl sites for hydroxylation is 3. The largest absolute Gasteiger partial charge is 0.356 e. The molecule has 0 atom stereocenters. The van der Waals surface area contributed by atoms with E-state index in [1.54, 1.807) is 6.20 Å². The van der Waals surface area contributed by atoms with Gasteiger partial charge in [0.15, 0.2) is 0 Å². The first-order valence-corrected chi connectivity index (χ1v) is 8.37. The van der Waals surface area contributed by atoms with E-state index in [0.29, 0.717) is 18.7 Å². The van der Waals surface area contributed by atoms with Crippen molar-refractivity contribution in [3.05, 3.63) is 46.2 Å². The van der Waals surface area contributed by atoms with Crippen LogP contribution in [-0.2, 0) is 13.1 Å². The Morgan fingerprint density at radius 3 is 2.58 bits per heavy atom. The van der Waals surface area contributed by atoms with Gasteiger partial charge in [0.05, 0.1) is 24.3 Å². The molecular weight excluding hydrogens is 302 g/mol. The average Bonchev–Trinajstić information content (AvgIpc) is 2.91. The predicted molar refractivity (Wildman–Crippen MR) is 90.9 cm³/mol. The molecule has 0 bridgehead atoms. The van der Waals surface area contributed by atoms with Crippen LogP contribution in [0.2, 0.25) is 0 Å². The van der Waals surface area contributed by atoms with E-state index in [-0.39, 0.29) is 5.91 Å². The lowest BCUT2D eigenvalue weighted by atomic mass is 10.1. The number of carbonyl (C=O) groups excluding carboxylic acids is 1. The zero-order valence-electron chi connectivity index (χ0n) is 14.3. The number of aromatic nitrogens is 3. The third-order valence-corrected chi connectivity index (χ3v) is 4.90. The normalized spacial score (nSPS) is 16.1. The molecule has 6 heteroatoms. The van der Waals surface area contributed by atoms with Gasteiger partial charge in [0, 0.05) is 30.5 Å². The average molecular weight is 323 g/mol. The second-order valence-corrected chi connectivity index (χ2v) is 6.65. The summed E-state index contributed by atoms with van der Waals surface area (Å²) in [6.45, 7) is 9.05. The summed E-state index contributed by atoms with van der Waals surface area (Å²) in [6, 6.07) is 1.92. The fourth-order valence-corrected chi connectivity index (χ4v) is 3.23. The molecule has 4 rings (SSSR count). The summed E-state index contributed by atoms with van der Waals surface area (Å²) in [7, 11) is 0. The fraction of sp³-hybridized carbons (Fsp3) is 0.444. The van der Waals surface area contributed by atoms with Gasteiger partial charge in [-0.15, -0.1) is 0 Å². The predicted octanol–water partition coefficient (Wildman–Crippen LogP) is 2.16. The van der Waals surface area contributed by atoms with Crippen molar-refractivity contribution in [2.24, 2.45) is 0 Å². The molecule has 1 fully saturated rings. The highest BCUT2D eigenvalue weighted by atomic mass is 16.2. The first kappa shape index (κ1) is 15.1. The van der Waals surface area contributed by atoms with Crippen LogP contribution in [0.25, 0.3) is 0 Å². The maximum absolute atomic E-state index is 12.9. The van der Waals surface area contributed by atoms with Gasteiger partial charge in [-0.1, -0.05) is 0 Å². The minimum Gasteiger partial charge on any atom is -0.356 e. The van der Waals surface area contributed by atoms with Crippen LogP contribution in [0.3, 0.4) is 0 Å². The molecule has 2 aromatic rings. The number of rotatable bonds is 2. The van der Waals surface area contributed by atoms with Gasteiger partial charge >= 0.3 is 0 Å². The van der Waals surface area contributed by atoms with E-state index in [9.17, 15) is 4.79 Å². The Kier molecular flexibility index (Phi) is 3.48. The molecule has 4 heterocycles. The van der Waals surface area contributed by atoms with Crippen molar-refractivity contribution in [3.63, 3.8) is 0 Å². The van der Waals surface area contributed by atoms with Crippen molar-refractivity contribution in [2.45, 2.75) is 40.3 Å². The number of carbonyl (C=O) groups is 1. The monoisotopic (exact) mass is 323 g/mol. The smallest absolute Gasteiger partial charge is 0.256 e. The molecular formula is C18H21N5O. The molecule has 2 aromatic heterocycles. The fourth-order valence-electron chi connectivity index (χ4n) is 3.23. The van der Waals surface area contributed by atoms with Crippen LogP contribution in [0.15, 0.2) is 12.3 Å². The van der Waals surface area contributed by atoms with Crippen LogP contribution < -0.4 is 4.90 Å². The second-order valence-electron chi connectivity index (χ2n) is 6.65. The Bertz CT molecular complexity index is 828. The van der Waals surface area contributed by atoms with Crippen molar-refractivity contribution in [3.8, 4) is 0 Å². The van der Waals surface area contributed by atoms with Gasteiger partial charge < -0.3 is 9.80 Å². The lowest BCUT2D eigenvalue weighted by molar-refractivity contribution is 0.0750. The number of nitrogens with zero attached hydrogens (tertiary/aromatic N) is 5. The van der Waals surface area contributed by atoms with E-state index in [4.69, 9.17) is 0 Å². The molecule has 0 unspecified atom stereocenters. The van der Waals surface area contributed by atoms with Gasteiger partial charge in [0.1, 0.15) is 11.6 Å². The maximum Gasteiger partial charge on any atom is 0.256 e. The summed E-state index contributed by atoms with van der Waals surface area (Å²) in [5.41, 5.74) is 4.72. The molecule has 1 saturated heterocycles. The van der Waals surface area contributed by atoms with Gasteiger partial charge in [-0.05, 0) is 38.8 Å². The molecule has 0 aromatic carbocycles. The summed E-state index contributed by atoms with van der Waals surface area (Å²) in [5.74, 6) is 1.80. The van der Waals surface area contributed by atoms with E-state index in [1.165, 1.54) is 6.42 Å². The summed E-state index contributed by atoms with van der Waals surface area (Å²) < 4.78 is 0. The molecule has 0 N–H and O–H groups in total. The molecule has 2 aliphatic heterocycles. The van der Waals surface area contributed by atoms with Crippen LogP contribution >= 0.6 is 0 Å². The molecule has 6 nitrogen and oxygen atoms in total. The van der Waals surface area contributed by atoms with Gasteiger partial charge in [0.2, 0.25) is 0 Å². The Balaban J connectivity index is 1.63. The Hall–Kier alpha value is -2.50. The number of hydrogen-bond donors (Lipinski definition) is 0. The summed E-state index contributed by atoms with van der Waals surface area (Å²) in [4.78, 5) is 30.5. The lowest BCUT2D eigenvalue weighted by Gasteiger charge is -2.33. The van der Waals surface area contributed by atoms with E-state index in [0.717, 1.165) is 47.2 Å². The third kappa shape index (κ3) is 2.42. The minimum atomic E-state index is 0.0100. The minimum absolute atomic E-state index is 0.0100.